The molecule has 0 N–H and O–H groups in total. The van der Waals surface area contributed by atoms with Crippen LogP contribution >= 0.6 is 0 Å². The number of hydrogen-bond acceptors (Lipinski definition) is 6. The number of nitrogens with zero attached hydrogens (tertiary/aromatic N) is 6. The molecule has 0 amide bonds. The summed E-state index contributed by atoms with van der Waals surface area (Å²) in [7, 11) is 1.89. The summed E-state index contributed by atoms with van der Waals surface area (Å²) < 4.78 is 83.9. The maximum Gasteiger partial charge on any atom is 0.169 e. The number of pyridine rings is 3. The number of hydrogen-bond donors (Lipinski definition) is 0. The van der Waals surface area contributed by atoms with Crippen molar-refractivity contribution in [3.05, 3.63) is 66.1 Å². The molecule has 0 unspecified atom stereocenters. The van der Waals surface area contributed by atoms with Crippen LogP contribution in [0.2, 0.25) is 0 Å². The van der Waals surface area contributed by atoms with Gasteiger partial charge >= 0.3 is 0 Å². The summed E-state index contributed by atoms with van der Waals surface area (Å²) in [5.74, 6) is -0.221. The number of carbonyl (C=O) groups excluding carboxylic acids is 1. The van der Waals surface area contributed by atoms with Crippen molar-refractivity contribution in [3.63, 3.8) is 0 Å². The van der Waals surface area contributed by atoms with Crippen molar-refractivity contribution in [1.82, 2.24) is 24.5 Å². The van der Waals surface area contributed by atoms with E-state index in [1.165, 1.54) is 12.3 Å². The van der Waals surface area contributed by atoms with Gasteiger partial charge in [-0.1, -0.05) is 0 Å². The van der Waals surface area contributed by atoms with Crippen molar-refractivity contribution in [2.45, 2.75) is 32.5 Å². The molecule has 1 saturated heterocycles. The van der Waals surface area contributed by atoms with Gasteiger partial charge in [-0.05, 0) is 50.3 Å². The second kappa shape index (κ2) is 8.49. The summed E-state index contributed by atoms with van der Waals surface area (Å²) in [6, 6.07) is 5.97. The minimum Gasteiger partial charge on any atom is -0.357 e. The number of fused-ring (bicyclic) bond motifs is 1. The number of ketones is 1. The van der Waals surface area contributed by atoms with Gasteiger partial charge in [0.05, 0.1) is 30.0 Å². The van der Waals surface area contributed by atoms with Gasteiger partial charge in [0.2, 0.25) is 0 Å². The van der Waals surface area contributed by atoms with Gasteiger partial charge in [-0.2, -0.15) is 0 Å². The lowest BCUT2D eigenvalue weighted by Gasteiger charge is -2.27. The minimum atomic E-state index is -3.55. The van der Waals surface area contributed by atoms with Crippen molar-refractivity contribution in [3.8, 4) is 11.3 Å². The molecular formula is C25H26N6O. The third kappa shape index (κ3) is 3.98. The van der Waals surface area contributed by atoms with Crippen molar-refractivity contribution in [2.75, 3.05) is 17.9 Å². The molecule has 1 fully saturated rings. The highest BCUT2D eigenvalue weighted by atomic mass is 16.1. The molecule has 1 aliphatic rings. The van der Waals surface area contributed by atoms with E-state index in [9.17, 15) is 4.79 Å². The van der Waals surface area contributed by atoms with Crippen LogP contribution in [-0.2, 0) is 13.5 Å². The molecule has 4 aromatic rings. The smallest absolute Gasteiger partial charge is 0.169 e. The van der Waals surface area contributed by atoms with Gasteiger partial charge in [0.1, 0.15) is 11.6 Å². The maximum atomic E-state index is 13.3. The van der Waals surface area contributed by atoms with E-state index in [0.29, 0.717) is 11.2 Å². The quantitative estimate of drug-likeness (QED) is 0.438. The van der Waals surface area contributed by atoms with E-state index in [2.05, 4.69) is 19.9 Å². The lowest BCUT2D eigenvalue weighted by molar-refractivity contribution is 0.0992. The summed E-state index contributed by atoms with van der Waals surface area (Å²) in [4.78, 5) is 30.4. The molecule has 0 aromatic carbocycles. The Morgan fingerprint density at radius 1 is 1.03 bits per heavy atom. The Morgan fingerprint density at radius 3 is 2.66 bits per heavy atom. The third-order valence-electron chi connectivity index (χ3n) is 5.24. The molecular weight excluding hydrogens is 400 g/mol. The Morgan fingerprint density at radius 2 is 1.88 bits per heavy atom. The van der Waals surface area contributed by atoms with Gasteiger partial charge in [0, 0.05) is 68.3 Å². The number of imidazole rings is 1. The van der Waals surface area contributed by atoms with Crippen LogP contribution in [0.4, 0.5) is 5.82 Å². The van der Waals surface area contributed by atoms with E-state index in [1.54, 1.807) is 18.5 Å². The first-order valence-electron chi connectivity index (χ1n) is 14.9. The number of anilines is 1. The fraction of sp³-hybridized carbons (Fsp3) is 0.320. The first-order chi connectivity index (χ1) is 19.3. The molecule has 162 valence electrons. The number of aromatic nitrogens is 5. The van der Waals surface area contributed by atoms with Gasteiger partial charge in [-0.3, -0.25) is 14.8 Å². The molecule has 5 rings (SSSR count). The fourth-order valence-electron chi connectivity index (χ4n) is 3.41. The highest BCUT2D eigenvalue weighted by Gasteiger charge is 2.15. The van der Waals surface area contributed by atoms with Crippen LogP contribution in [0, 0.1) is 6.92 Å². The molecule has 0 spiro atoms. The topological polar surface area (TPSA) is 76.8 Å². The molecule has 7 nitrogen and oxygen atoms in total. The first-order valence-corrected chi connectivity index (χ1v) is 9.87. The van der Waals surface area contributed by atoms with Crippen LogP contribution in [-0.4, -0.2) is 43.3 Å². The van der Waals surface area contributed by atoms with Crippen LogP contribution in [0.5, 0.6) is 0 Å². The standard InChI is InChI=1S/C25H26N6O/c1-17-27-16-23(30(17)2)20-10-19-11-21(28-15-22(19)29-14-20)13-24(32)18-6-7-26-25(12-18)31-8-4-3-5-9-31/h6-7,10-12,14-16H,3-5,8-9,13H2,1-2H3/i3D2,4D2,5D2,8D2,9D2. The monoisotopic (exact) mass is 436 g/mol. The number of carbonyl (C=O) groups is 1. The van der Waals surface area contributed by atoms with Crippen molar-refractivity contribution >= 4 is 22.5 Å². The zero-order valence-corrected chi connectivity index (χ0v) is 17.4. The Bertz CT molecular complexity index is 1690. The normalized spacial score (nSPS) is 26.6. The highest BCUT2D eigenvalue weighted by Crippen LogP contribution is 2.24. The predicted octanol–water partition coefficient (Wildman–Crippen LogP) is 4.15. The molecule has 5 heterocycles. The van der Waals surface area contributed by atoms with Gasteiger partial charge < -0.3 is 9.47 Å². The first kappa shape index (κ1) is 11.9. The fourth-order valence-corrected chi connectivity index (χ4v) is 3.41. The lowest BCUT2D eigenvalue weighted by Crippen LogP contribution is -2.30. The summed E-state index contributed by atoms with van der Waals surface area (Å²) in [6.45, 7) is -4.90. The van der Waals surface area contributed by atoms with Crippen LogP contribution in [0.15, 0.2) is 49.1 Å². The average molecular weight is 437 g/mol. The molecule has 0 saturated carbocycles. The van der Waals surface area contributed by atoms with Crippen molar-refractivity contribution < 1.29 is 18.5 Å². The number of Topliss-reactive ketones (excluding diaryl/α,β-unsaturated/α-hetero) is 1. The number of aryl methyl sites for hydroxylation is 1. The summed E-state index contributed by atoms with van der Waals surface area (Å²) >= 11 is 0. The van der Waals surface area contributed by atoms with E-state index in [1.807, 2.05) is 24.6 Å². The lowest BCUT2D eigenvalue weighted by atomic mass is 10.0. The molecule has 7 heteroatoms. The molecule has 0 radical (unpaired) electrons. The summed E-state index contributed by atoms with van der Waals surface area (Å²) in [6.07, 6.45) is -4.69. The van der Waals surface area contributed by atoms with E-state index in [4.69, 9.17) is 13.7 Å². The van der Waals surface area contributed by atoms with Crippen molar-refractivity contribution in [1.29, 1.82) is 0 Å². The Kier molecular flexibility index (Phi) is 3.15. The molecule has 0 bridgehead atoms. The Labute approximate surface area is 201 Å². The van der Waals surface area contributed by atoms with Gasteiger partial charge in [0.15, 0.2) is 5.78 Å². The molecule has 4 aromatic heterocycles. The van der Waals surface area contributed by atoms with Crippen LogP contribution in [0.1, 0.15) is 54.7 Å². The second-order valence-electron chi connectivity index (χ2n) is 7.28. The summed E-state index contributed by atoms with van der Waals surface area (Å²) in [5.41, 5.74) is 2.66. The van der Waals surface area contributed by atoms with E-state index >= 15 is 0 Å². The second-order valence-corrected chi connectivity index (χ2v) is 7.28. The zero-order valence-electron chi connectivity index (χ0n) is 27.4. The van der Waals surface area contributed by atoms with Crippen LogP contribution < -0.4 is 4.90 Å². The highest BCUT2D eigenvalue weighted by molar-refractivity contribution is 5.98. The van der Waals surface area contributed by atoms with E-state index in [-0.39, 0.29) is 16.9 Å². The van der Waals surface area contributed by atoms with Crippen LogP contribution in [0.25, 0.3) is 22.2 Å². The average Bonchev–Trinajstić information content (AvgIpc) is 3.25. The summed E-state index contributed by atoms with van der Waals surface area (Å²) in [5, 5.41) is 0.730. The molecule has 0 aliphatic carbocycles. The van der Waals surface area contributed by atoms with E-state index in [0.717, 1.165) is 34.7 Å². The predicted molar refractivity (Wildman–Crippen MR) is 125 cm³/mol. The largest absolute Gasteiger partial charge is 0.357 e. The molecule has 32 heavy (non-hydrogen) atoms. The Hall–Kier alpha value is -3.61. The van der Waals surface area contributed by atoms with Gasteiger partial charge in [0.25, 0.3) is 0 Å². The minimum absolute atomic E-state index is 0.0274. The molecule has 1 aliphatic heterocycles. The van der Waals surface area contributed by atoms with Gasteiger partial charge in [-0.15, -0.1) is 0 Å². The molecule has 0 atom stereocenters. The number of rotatable bonds is 5. The zero-order chi connectivity index (χ0) is 31.0. The SMILES string of the molecule is [2H]C1([2H])N(c2cc(C(=O)Cc3cc4cc(-c5cnc(C)n5C)cnc4cn3)ccn2)C([2H])([2H])C([2H])([2H])C([2H])([2H])C1([2H])[2H]. The van der Waals surface area contributed by atoms with Crippen molar-refractivity contribution in [2.24, 2.45) is 7.05 Å². The third-order valence-corrected chi connectivity index (χ3v) is 5.24. The van der Waals surface area contributed by atoms with Gasteiger partial charge in [-0.25, -0.2) is 9.97 Å². The Balaban J connectivity index is 1.48. The van der Waals surface area contributed by atoms with Crippen LogP contribution in [0.3, 0.4) is 0 Å². The maximum absolute atomic E-state index is 13.3. The van der Waals surface area contributed by atoms with E-state index < -0.39 is 43.7 Å². The number of piperidine rings is 1.